The van der Waals surface area contributed by atoms with Crippen LogP contribution in [0, 0.1) is 0 Å². The minimum Gasteiger partial charge on any atom is -0.480 e. The van der Waals surface area contributed by atoms with E-state index in [9.17, 15) is 43.8 Å². The third kappa shape index (κ3) is 22.9. The Morgan fingerprint density at radius 1 is 0.774 bits per heavy atom. The van der Waals surface area contributed by atoms with Gasteiger partial charge in [-0.1, -0.05) is 6.42 Å². The Labute approximate surface area is 364 Å². The summed E-state index contributed by atoms with van der Waals surface area (Å²) in [6.45, 7) is 16.3. The van der Waals surface area contributed by atoms with E-state index in [-0.39, 0.29) is 44.7 Å². The first kappa shape index (κ1) is 52.6. The topological polar surface area (TPSA) is 260 Å². The maximum absolute atomic E-state index is 13.2. The molecule has 0 saturated carbocycles. The first-order chi connectivity index (χ1) is 28.8. The molecule has 5 N–H and O–H groups in total. The number of carbonyl (C=O) groups is 7. The molecule has 1 aromatic heterocycles. The highest BCUT2D eigenvalue weighted by Gasteiger charge is 2.31. The van der Waals surface area contributed by atoms with Crippen molar-refractivity contribution in [2.75, 3.05) is 26.2 Å². The predicted octanol–water partition coefficient (Wildman–Crippen LogP) is 3.37. The number of hydrogen-bond acceptors (Lipinski definition) is 14. The van der Waals surface area contributed by atoms with Gasteiger partial charge in [0.05, 0.1) is 12.7 Å². The fourth-order valence-corrected chi connectivity index (χ4v) is 6.10. The van der Waals surface area contributed by atoms with Crippen molar-refractivity contribution >= 4 is 47.7 Å². The van der Waals surface area contributed by atoms with Crippen molar-refractivity contribution < 1.29 is 58.0 Å². The molecule has 1 aliphatic rings. The van der Waals surface area contributed by atoms with Crippen molar-refractivity contribution in [1.29, 1.82) is 0 Å². The highest BCUT2D eigenvalue weighted by molar-refractivity contribution is 5.87. The fraction of sp³-hybridized carbons (Fsp3) is 0.714. The summed E-state index contributed by atoms with van der Waals surface area (Å²) in [7, 11) is 0. The molecular weight excluding hydrogens is 809 g/mol. The van der Waals surface area contributed by atoms with Gasteiger partial charge in [-0.15, -0.1) is 0 Å². The molecular formula is C42H68N8O12. The van der Waals surface area contributed by atoms with Crippen molar-refractivity contribution in [1.82, 2.24) is 35.3 Å². The van der Waals surface area contributed by atoms with Crippen LogP contribution in [0.1, 0.15) is 126 Å². The first-order valence-electron chi connectivity index (χ1n) is 21.0. The standard InChI is InChI=1S/C42H68N8O12/c1-40(2,3)60-36(56)18-17-30(38(58)62-42(7,8)9)47-39(59)46-29(37(57)61-41(4,5)6)15-12-13-19-45-33(51)16-11-10-14-22-48(25-31-43-20-23-49(31)27-34(52)53)26-32-44-21-24-50(32)28-35(54)55/h20,23-24,29-30,32H,10-19,22,25-28H2,1-9H3,(H,45,51)(H,52,53)(H,54,55)(H2,46,47,59)/t29-,30-,32?/m0/s1. The van der Waals surface area contributed by atoms with Gasteiger partial charge in [-0.2, -0.15) is 0 Å². The number of rotatable bonds is 26. The number of aliphatic imine (C=N–C) groups is 1. The largest absolute Gasteiger partial charge is 0.480 e. The molecule has 3 amide bonds. The van der Waals surface area contributed by atoms with Crippen molar-refractivity contribution in [3.63, 3.8) is 0 Å². The summed E-state index contributed by atoms with van der Waals surface area (Å²) in [4.78, 5) is 99.4. The Balaban J connectivity index is 1.90. The number of esters is 3. The monoisotopic (exact) mass is 876 g/mol. The van der Waals surface area contributed by atoms with Gasteiger partial charge in [-0.25, -0.2) is 24.4 Å². The lowest BCUT2D eigenvalue weighted by molar-refractivity contribution is -0.159. The molecule has 1 aliphatic heterocycles. The van der Waals surface area contributed by atoms with Gasteiger partial charge < -0.3 is 49.8 Å². The average Bonchev–Trinajstić information content (AvgIpc) is 3.74. The zero-order valence-electron chi connectivity index (χ0n) is 37.8. The molecule has 0 spiro atoms. The van der Waals surface area contributed by atoms with E-state index in [2.05, 4.69) is 31.8 Å². The summed E-state index contributed by atoms with van der Waals surface area (Å²) in [5.41, 5.74) is -2.45. The second-order valence-corrected chi connectivity index (χ2v) is 18.1. The number of carboxylic acids is 2. The van der Waals surface area contributed by atoms with Gasteiger partial charge in [0, 0.05) is 44.2 Å². The Morgan fingerprint density at radius 3 is 1.95 bits per heavy atom. The predicted molar refractivity (Wildman–Crippen MR) is 227 cm³/mol. The summed E-state index contributed by atoms with van der Waals surface area (Å²) in [6, 6.07) is -3.12. The molecule has 348 valence electrons. The molecule has 1 unspecified atom stereocenters. The summed E-state index contributed by atoms with van der Waals surface area (Å²) < 4.78 is 17.9. The summed E-state index contributed by atoms with van der Waals surface area (Å²) in [5, 5.41) is 26.6. The van der Waals surface area contributed by atoms with Crippen LogP contribution in [0.25, 0.3) is 0 Å². The molecule has 0 radical (unpaired) electrons. The molecule has 20 nitrogen and oxygen atoms in total. The number of hydrogen-bond donors (Lipinski definition) is 5. The number of amides is 3. The van der Waals surface area contributed by atoms with Crippen molar-refractivity contribution in [3.8, 4) is 0 Å². The number of carbonyl (C=O) groups excluding carboxylic acids is 5. The Kier molecular flexibility index (Phi) is 21.1. The molecule has 1 aromatic rings. The number of unbranched alkanes of at least 4 members (excludes halogenated alkanes) is 3. The van der Waals surface area contributed by atoms with Gasteiger partial charge in [-0.05, 0) is 107 Å². The zero-order valence-corrected chi connectivity index (χ0v) is 37.8. The van der Waals surface area contributed by atoms with Crippen LogP contribution in [-0.4, -0.2) is 138 Å². The number of imidazole rings is 1. The van der Waals surface area contributed by atoms with Crippen molar-refractivity contribution in [2.24, 2.45) is 4.99 Å². The SMILES string of the molecule is CC(C)(C)OC(=O)CC[C@H](NC(=O)N[C@@H](CCCCNC(=O)CCCCCN(Cc1nccn1CC(=O)O)CC1N=C=CN1CC(=O)O)C(=O)OC(C)(C)C)C(=O)OC(C)(C)C. The van der Waals surface area contributed by atoms with Gasteiger partial charge in [0.25, 0.3) is 0 Å². The summed E-state index contributed by atoms with van der Waals surface area (Å²) >= 11 is 0. The van der Waals surface area contributed by atoms with E-state index < -0.39 is 70.9 Å². The quantitative estimate of drug-likeness (QED) is 0.0508. The second-order valence-electron chi connectivity index (χ2n) is 18.1. The lowest BCUT2D eigenvalue weighted by atomic mass is 10.1. The van der Waals surface area contributed by atoms with Crippen molar-refractivity contribution in [2.45, 2.75) is 168 Å². The van der Waals surface area contributed by atoms with E-state index in [1.54, 1.807) is 73.4 Å². The number of nitrogens with zero attached hydrogens (tertiary/aromatic N) is 5. The summed E-state index contributed by atoms with van der Waals surface area (Å²) in [5.74, 6) is -0.862. The lowest BCUT2D eigenvalue weighted by Crippen LogP contribution is -2.53. The normalized spacial score (nSPS) is 14.9. The van der Waals surface area contributed by atoms with Crippen LogP contribution >= 0.6 is 0 Å². The van der Waals surface area contributed by atoms with Gasteiger partial charge in [0.1, 0.15) is 54.0 Å². The van der Waals surface area contributed by atoms with E-state index in [0.717, 1.165) is 0 Å². The highest BCUT2D eigenvalue weighted by Crippen LogP contribution is 2.16. The van der Waals surface area contributed by atoms with Crippen LogP contribution in [0.4, 0.5) is 4.79 Å². The maximum Gasteiger partial charge on any atom is 0.329 e. The van der Waals surface area contributed by atoms with Crippen molar-refractivity contribution in [3.05, 3.63) is 24.4 Å². The van der Waals surface area contributed by atoms with E-state index in [1.807, 2.05) is 4.90 Å². The number of urea groups is 1. The number of carboxylic acid groups (broad SMARTS) is 2. The van der Waals surface area contributed by atoms with Crippen LogP contribution in [0.5, 0.6) is 0 Å². The number of ether oxygens (including phenoxy) is 3. The first-order valence-corrected chi connectivity index (χ1v) is 21.0. The highest BCUT2D eigenvalue weighted by atomic mass is 16.6. The smallest absolute Gasteiger partial charge is 0.329 e. The number of nitrogens with one attached hydrogen (secondary N) is 3. The molecule has 3 atom stereocenters. The Morgan fingerprint density at radius 2 is 1.37 bits per heavy atom. The number of aliphatic carboxylic acids is 2. The van der Waals surface area contributed by atoms with E-state index in [4.69, 9.17) is 14.2 Å². The molecule has 0 bridgehead atoms. The Bertz CT molecular complexity index is 1740. The molecule has 20 heteroatoms. The molecule has 2 rings (SSSR count). The fourth-order valence-electron chi connectivity index (χ4n) is 6.10. The average molecular weight is 877 g/mol. The third-order valence-corrected chi connectivity index (χ3v) is 8.71. The van der Waals surface area contributed by atoms with Gasteiger partial charge in [0.2, 0.25) is 5.91 Å². The van der Waals surface area contributed by atoms with Crippen LogP contribution in [0.2, 0.25) is 0 Å². The summed E-state index contributed by atoms with van der Waals surface area (Å²) in [6.07, 6.45) is 7.26. The van der Waals surface area contributed by atoms with E-state index >= 15 is 0 Å². The molecule has 0 aromatic carbocycles. The van der Waals surface area contributed by atoms with Crippen LogP contribution < -0.4 is 16.0 Å². The van der Waals surface area contributed by atoms with Crippen LogP contribution in [-0.2, 0) is 56.1 Å². The minimum atomic E-state index is -1.21. The van der Waals surface area contributed by atoms with E-state index in [1.165, 1.54) is 17.0 Å². The molecule has 0 saturated heterocycles. The molecule has 0 aliphatic carbocycles. The maximum atomic E-state index is 13.2. The lowest BCUT2D eigenvalue weighted by Gasteiger charge is -2.29. The van der Waals surface area contributed by atoms with Gasteiger partial charge in [0.15, 0.2) is 0 Å². The number of aromatic nitrogens is 2. The van der Waals surface area contributed by atoms with Gasteiger partial charge >= 0.3 is 35.9 Å². The van der Waals surface area contributed by atoms with Crippen LogP contribution in [0.15, 0.2) is 23.6 Å². The third-order valence-electron chi connectivity index (χ3n) is 8.71. The zero-order chi connectivity index (χ0) is 46.7. The molecule has 0 fully saturated rings. The second kappa shape index (κ2) is 24.8. The minimum absolute atomic E-state index is 0.0987. The van der Waals surface area contributed by atoms with E-state index in [0.29, 0.717) is 64.1 Å². The molecule has 2 heterocycles. The Hall–Kier alpha value is -5.49. The van der Waals surface area contributed by atoms with Gasteiger partial charge in [-0.3, -0.25) is 24.1 Å². The van der Waals surface area contributed by atoms with Crippen LogP contribution in [0.3, 0.4) is 0 Å². The molecule has 62 heavy (non-hydrogen) atoms.